The molecule has 0 saturated carbocycles. The molecule has 0 amide bonds. The lowest BCUT2D eigenvalue weighted by atomic mass is 10.2. The molecule has 0 spiro atoms. The summed E-state index contributed by atoms with van der Waals surface area (Å²) in [6.45, 7) is 1.41. The third-order valence-electron chi connectivity index (χ3n) is 2.14. The van der Waals surface area contributed by atoms with Crippen molar-refractivity contribution < 1.29 is 13.2 Å². The summed E-state index contributed by atoms with van der Waals surface area (Å²) in [6, 6.07) is 0.0498. The maximum Gasteiger partial charge on any atom is 0.154 e. The van der Waals surface area contributed by atoms with Crippen LogP contribution in [0.15, 0.2) is 0 Å². The lowest BCUT2D eigenvalue weighted by molar-refractivity contribution is 0.0224. The summed E-state index contributed by atoms with van der Waals surface area (Å²) in [5, 5.41) is 3.13. The molecule has 2 aliphatic heterocycles. The summed E-state index contributed by atoms with van der Waals surface area (Å²) in [7, 11) is -2.82. The third-order valence-corrected chi connectivity index (χ3v) is 3.84. The zero-order chi connectivity index (χ0) is 7.90. The van der Waals surface area contributed by atoms with Crippen LogP contribution in [0, 0.1) is 0 Å². The van der Waals surface area contributed by atoms with Crippen LogP contribution in [0.4, 0.5) is 0 Å². The number of fused-ring (bicyclic) bond motifs is 1. The van der Waals surface area contributed by atoms with Gasteiger partial charge in [-0.3, -0.25) is 0 Å². The molecule has 0 aliphatic carbocycles. The second kappa shape index (κ2) is 2.43. The largest absolute Gasteiger partial charge is 0.374 e. The predicted molar refractivity (Wildman–Crippen MR) is 40.2 cm³/mol. The van der Waals surface area contributed by atoms with Crippen LogP contribution in [0.3, 0.4) is 0 Å². The molecule has 2 rings (SSSR count). The molecule has 0 aromatic carbocycles. The molecule has 4 nitrogen and oxygen atoms in total. The lowest BCUT2D eigenvalue weighted by Gasteiger charge is -2.25. The second-order valence-electron chi connectivity index (χ2n) is 3.05. The smallest absolute Gasteiger partial charge is 0.154 e. The summed E-state index contributed by atoms with van der Waals surface area (Å²) in [4.78, 5) is 0. The van der Waals surface area contributed by atoms with E-state index in [9.17, 15) is 8.42 Å². The maximum absolute atomic E-state index is 11.1. The Morgan fingerprint density at radius 3 is 2.91 bits per heavy atom. The van der Waals surface area contributed by atoms with E-state index in [0.29, 0.717) is 6.61 Å². The van der Waals surface area contributed by atoms with Gasteiger partial charge in [0.1, 0.15) is 0 Å². The molecular weight excluding hydrogens is 166 g/mol. The van der Waals surface area contributed by atoms with Gasteiger partial charge in [0.05, 0.1) is 24.2 Å². The first-order valence-electron chi connectivity index (χ1n) is 3.73. The third kappa shape index (κ3) is 1.40. The molecule has 2 aliphatic rings. The Balaban J connectivity index is 2.15. The van der Waals surface area contributed by atoms with Gasteiger partial charge in [-0.25, -0.2) is 8.42 Å². The van der Waals surface area contributed by atoms with Crippen LogP contribution in [0.5, 0.6) is 0 Å². The van der Waals surface area contributed by atoms with E-state index in [1.165, 1.54) is 0 Å². The van der Waals surface area contributed by atoms with Crippen molar-refractivity contribution in [2.24, 2.45) is 0 Å². The van der Waals surface area contributed by atoms with E-state index >= 15 is 0 Å². The molecule has 1 N–H and O–H groups in total. The number of rotatable bonds is 0. The number of sulfone groups is 1. The molecule has 2 atom stereocenters. The summed E-state index contributed by atoms with van der Waals surface area (Å²) < 4.78 is 27.4. The van der Waals surface area contributed by atoms with Crippen LogP contribution in [0.1, 0.15) is 0 Å². The van der Waals surface area contributed by atoms with Crippen LogP contribution in [-0.2, 0) is 14.6 Å². The minimum atomic E-state index is -2.82. The van der Waals surface area contributed by atoms with Crippen molar-refractivity contribution in [3.63, 3.8) is 0 Å². The van der Waals surface area contributed by atoms with E-state index in [0.717, 1.165) is 6.54 Å². The number of morpholine rings is 1. The Labute approximate surface area is 65.8 Å². The monoisotopic (exact) mass is 177 g/mol. The van der Waals surface area contributed by atoms with Crippen molar-refractivity contribution in [1.82, 2.24) is 5.32 Å². The molecule has 5 heteroatoms. The number of ether oxygens (including phenoxy) is 1. The van der Waals surface area contributed by atoms with Crippen molar-refractivity contribution in [3.05, 3.63) is 0 Å². The standard InChI is InChI=1S/C6H11NO3S/c8-11(9)3-5-6(4-11)10-2-1-7-5/h5-7H,1-4H2. The van der Waals surface area contributed by atoms with Gasteiger partial charge in [-0.1, -0.05) is 0 Å². The Morgan fingerprint density at radius 2 is 2.18 bits per heavy atom. The Hall–Kier alpha value is -0.130. The minimum absolute atomic E-state index is 0.0498. The van der Waals surface area contributed by atoms with Crippen molar-refractivity contribution in [2.45, 2.75) is 12.1 Å². The van der Waals surface area contributed by atoms with Crippen LogP contribution in [-0.4, -0.2) is 45.2 Å². The van der Waals surface area contributed by atoms with Crippen molar-refractivity contribution >= 4 is 9.84 Å². The zero-order valence-electron chi connectivity index (χ0n) is 6.12. The highest BCUT2D eigenvalue weighted by atomic mass is 32.2. The fourth-order valence-corrected chi connectivity index (χ4v) is 3.47. The van der Waals surface area contributed by atoms with Gasteiger partial charge in [0, 0.05) is 12.6 Å². The fourth-order valence-electron chi connectivity index (χ4n) is 1.62. The van der Waals surface area contributed by atoms with E-state index in [-0.39, 0.29) is 23.7 Å². The van der Waals surface area contributed by atoms with Crippen LogP contribution < -0.4 is 5.32 Å². The zero-order valence-corrected chi connectivity index (χ0v) is 6.93. The maximum atomic E-state index is 11.1. The second-order valence-corrected chi connectivity index (χ2v) is 5.20. The number of nitrogens with one attached hydrogen (secondary N) is 1. The molecule has 0 bridgehead atoms. The van der Waals surface area contributed by atoms with Crippen molar-refractivity contribution in [1.29, 1.82) is 0 Å². The molecule has 2 unspecified atom stereocenters. The summed E-state index contributed by atoms with van der Waals surface area (Å²) >= 11 is 0. The van der Waals surface area contributed by atoms with Crippen LogP contribution in [0.2, 0.25) is 0 Å². The van der Waals surface area contributed by atoms with Gasteiger partial charge >= 0.3 is 0 Å². The molecular formula is C6H11NO3S. The van der Waals surface area contributed by atoms with Gasteiger partial charge in [0.2, 0.25) is 0 Å². The molecule has 0 aromatic rings. The van der Waals surface area contributed by atoms with Gasteiger partial charge in [-0.05, 0) is 0 Å². The average Bonchev–Trinajstić information content (AvgIpc) is 2.21. The normalized spacial score (nSPS) is 41.8. The molecule has 11 heavy (non-hydrogen) atoms. The molecule has 0 aromatic heterocycles. The van der Waals surface area contributed by atoms with E-state index in [2.05, 4.69) is 5.32 Å². The lowest BCUT2D eigenvalue weighted by Crippen LogP contribution is -2.47. The predicted octanol–water partition coefficient (Wildman–Crippen LogP) is -1.23. The number of hydrogen-bond acceptors (Lipinski definition) is 4. The molecule has 2 fully saturated rings. The summed E-state index contributed by atoms with van der Waals surface area (Å²) in [6.07, 6.45) is -0.0891. The summed E-state index contributed by atoms with van der Waals surface area (Å²) in [5.74, 6) is 0.447. The molecule has 0 radical (unpaired) electrons. The van der Waals surface area contributed by atoms with Gasteiger partial charge < -0.3 is 10.1 Å². The van der Waals surface area contributed by atoms with Gasteiger partial charge in [-0.15, -0.1) is 0 Å². The van der Waals surface area contributed by atoms with Crippen molar-refractivity contribution in [2.75, 3.05) is 24.7 Å². The average molecular weight is 177 g/mol. The highest BCUT2D eigenvalue weighted by Gasteiger charge is 2.39. The Morgan fingerprint density at radius 1 is 1.36 bits per heavy atom. The highest BCUT2D eigenvalue weighted by Crippen LogP contribution is 2.17. The fraction of sp³-hybridized carbons (Fsp3) is 1.00. The van der Waals surface area contributed by atoms with Gasteiger partial charge in [-0.2, -0.15) is 0 Å². The van der Waals surface area contributed by atoms with E-state index in [1.54, 1.807) is 0 Å². The van der Waals surface area contributed by atoms with Gasteiger partial charge in [0.15, 0.2) is 9.84 Å². The van der Waals surface area contributed by atoms with E-state index in [1.807, 2.05) is 0 Å². The van der Waals surface area contributed by atoms with Crippen LogP contribution in [0.25, 0.3) is 0 Å². The first-order valence-corrected chi connectivity index (χ1v) is 5.55. The first-order chi connectivity index (χ1) is 5.17. The SMILES string of the molecule is O=S1(=O)CC2NCCOC2C1. The number of hydrogen-bond donors (Lipinski definition) is 1. The minimum Gasteiger partial charge on any atom is -0.374 e. The van der Waals surface area contributed by atoms with E-state index < -0.39 is 9.84 Å². The summed E-state index contributed by atoms with van der Waals surface area (Å²) in [5.41, 5.74) is 0. The molecule has 64 valence electrons. The van der Waals surface area contributed by atoms with Crippen molar-refractivity contribution in [3.8, 4) is 0 Å². The van der Waals surface area contributed by atoms with Gasteiger partial charge in [0.25, 0.3) is 0 Å². The topological polar surface area (TPSA) is 55.4 Å². The molecule has 2 saturated heterocycles. The van der Waals surface area contributed by atoms with Crippen LogP contribution >= 0.6 is 0 Å². The van der Waals surface area contributed by atoms with E-state index in [4.69, 9.17) is 4.74 Å². The highest BCUT2D eigenvalue weighted by molar-refractivity contribution is 7.91. The quantitative estimate of drug-likeness (QED) is 0.503. The Kier molecular flexibility index (Phi) is 1.66. The Bertz CT molecular complexity index is 229. The first kappa shape index (κ1) is 7.52. The molecule has 2 heterocycles.